The highest BCUT2D eigenvalue weighted by Gasteiger charge is 2.13. The third kappa shape index (κ3) is 2.50. The molecule has 3 nitrogen and oxygen atoms in total. The van der Waals surface area contributed by atoms with Crippen molar-refractivity contribution in [2.75, 3.05) is 7.11 Å². The largest absolute Gasteiger partial charge is 0.465 e. The minimum absolute atomic E-state index is 0.345. The van der Waals surface area contributed by atoms with Crippen molar-refractivity contribution in [2.24, 2.45) is 0 Å². The van der Waals surface area contributed by atoms with E-state index in [1.54, 1.807) is 6.07 Å². The maximum absolute atomic E-state index is 12.0. The van der Waals surface area contributed by atoms with Crippen molar-refractivity contribution >= 4 is 16.9 Å². The zero-order valence-corrected chi connectivity index (χ0v) is 12.0. The number of benzene rings is 2. The van der Waals surface area contributed by atoms with Crippen LogP contribution in [0.25, 0.3) is 22.2 Å². The molecule has 0 unspecified atom stereocenters. The van der Waals surface area contributed by atoms with Gasteiger partial charge in [-0.15, -0.1) is 0 Å². The highest BCUT2D eigenvalue weighted by Crippen LogP contribution is 2.25. The Labute approximate surface area is 123 Å². The minimum Gasteiger partial charge on any atom is -0.465 e. The van der Waals surface area contributed by atoms with E-state index < -0.39 is 0 Å². The average molecular weight is 277 g/mol. The summed E-state index contributed by atoms with van der Waals surface area (Å²) in [5.41, 5.74) is 4.27. The summed E-state index contributed by atoms with van der Waals surface area (Å²) in [7, 11) is 1.39. The van der Waals surface area contributed by atoms with Gasteiger partial charge in [0.1, 0.15) is 0 Å². The molecule has 1 heterocycles. The minimum atomic E-state index is -0.345. The number of carbonyl (C=O) groups excluding carboxylic acids is 1. The average Bonchev–Trinajstić information content (AvgIpc) is 2.53. The number of esters is 1. The summed E-state index contributed by atoms with van der Waals surface area (Å²) in [6.07, 6.45) is 0. The Morgan fingerprint density at radius 2 is 1.76 bits per heavy atom. The van der Waals surface area contributed by atoms with E-state index in [1.807, 2.05) is 55.5 Å². The molecular weight excluding hydrogens is 262 g/mol. The van der Waals surface area contributed by atoms with E-state index in [0.29, 0.717) is 5.56 Å². The fraction of sp³-hybridized carbons (Fsp3) is 0.111. The quantitative estimate of drug-likeness (QED) is 0.665. The summed E-state index contributed by atoms with van der Waals surface area (Å²) in [6, 6.07) is 17.5. The number of aryl methyl sites for hydroxylation is 1. The van der Waals surface area contributed by atoms with Crippen molar-refractivity contribution in [1.29, 1.82) is 0 Å². The number of hydrogen-bond acceptors (Lipinski definition) is 3. The number of rotatable bonds is 2. The summed E-state index contributed by atoms with van der Waals surface area (Å²) in [6.45, 7) is 2.04. The van der Waals surface area contributed by atoms with E-state index in [-0.39, 0.29) is 5.97 Å². The van der Waals surface area contributed by atoms with Gasteiger partial charge in [0.05, 0.1) is 23.9 Å². The SMILES string of the molecule is COC(=O)c1cc(-c2ccc(C)cc2)nc2ccccc12. The van der Waals surface area contributed by atoms with Gasteiger partial charge < -0.3 is 4.74 Å². The molecule has 0 saturated heterocycles. The molecule has 3 heteroatoms. The normalized spacial score (nSPS) is 10.6. The second-order valence-electron chi connectivity index (χ2n) is 4.93. The van der Waals surface area contributed by atoms with Crippen LogP contribution in [0, 0.1) is 6.92 Å². The van der Waals surface area contributed by atoms with Crippen molar-refractivity contribution in [3.05, 3.63) is 65.7 Å². The molecule has 0 fully saturated rings. The first-order valence-corrected chi connectivity index (χ1v) is 6.74. The number of carbonyl (C=O) groups is 1. The maximum Gasteiger partial charge on any atom is 0.338 e. The van der Waals surface area contributed by atoms with E-state index in [0.717, 1.165) is 22.2 Å². The number of para-hydroxylation sites is 1. The highest BCUT2D eigenvalue weighted by molar-refractivity contribution is 6.04. The molecule has 3 aromatic rings. The van der Waals surface area contributed by atoms with Gasteiger partial charge in [0.25, 0.3) is 0 Å². The van der Waals surface area contributed by atoms with Crippen LogP contribution < -0.4 is 0 Å². The zero-order chi connectivity index (χ0) is 14.8. The van der Waals surface area contributed by atoms with Crippen LogP contribution in [0.15, 0.2) is 54.6 Å². The predicted molar refractivity (Wildman–Crippen MR) is 83.3 cm³/mol. The third-order valence-electron chi connectivity index (χ3n) is 3.47. The molecule has 0 aliphatic heterocycles. The number of nitrogens with zero attached hydrogens (tertiary/aromatic N) is 1. The molecule has 0 saturated carbocycles. The van der Waals surface area contributed by atoms with Crippen molar-refractivity contribution < 1.29 is 9.53 Å². The van der Waals surface area contributed by atoms with Gasteiger partial charge in [0.15, 0.2) is 0 Å². The number of ether oxygens (including phenoxy) is 1. The summed E-state index contributed by atoms with van der Waals surface area (Å²) in [4.78, 5) is 16.7. The Kier molecular flexibility index (Phi) is 3.40. The molecule has 0 N–H and O–H groups in total. The Bertz CT molecular complexity index is 807. The molecular formula is C18H15NO2. The maximum atomic E-state index is 12.0. The van der Waals surface area contributed by atoms with Crippen molar-refractivity contribution in [3.63, 3.8) is 0 Å². The molecule has 0 aliphatic carbocycles. The van der Waals surface area contributed by atoms with E-state index in [9.17, 15) is 4.79 Å². The zero-order valence-electron chi connectivity index (χ0n) is 12.0. The molecule has 104 valence electrons. The van der Waals surface area contributed by atoms with E-state index in [2.05, 4.69) is 4.98 Å². The Morgan fingerprint density at radius 3 is 2.48 bits per heavy atom. The third-order valence-corrected chi connectivity index (χ3v) is 3.47. The topological polar surface area (TPSA) is 39.2 Å². The molecule has 0 spiro atoms. The standard InChI is InChI=1S/C18H15NO2/c1-12-7-9-13(10-8-12)17-11-15(18(20)21-2)14-5-3-4-6-16(14)19-17/h3-11H,1-2H3. The van der Waals surface area contributed by atoms with Crippen molar-refractivity contribution in [1.82, 2.24) is 4.98 Å². The number of methoxy groups -OCH3 is 1. The molecule has 0 atom stereocenters. The molecule has 1 aromatic heterocycles. The molecule has 0 radical (unpaired) electrons. The highest BCUT2D eigenvalue weighted by atomic mass is 16.5. The second-order valence-corrected chi connectivity index (χ2v) is 4.93. The molecule has 0 aliphatic rings. The van der Waals surface area contributed by atoms with E-state index in [4.69, 9.17) is 4.74 Å². The lowest BCUT2D eigenvalue weighted by atomic mass is 10.0. The first-order valence-electron chi connectivity index (χ1n) is 6.74. The van der Waals surface area contributed by atoms with E-state index in [1.165, 1.54) is 12.7 Å². The van der Waals surface area contributed by atoms with Crippen molar-refractivity contribution in [2.45, 2.75) is 6.92 Å². The lowest BCUT2D eigenvalue weighted by molar-refractivity contribution is 0.0603. The molecule has 0 amide bonds. The summed E-state index contributed by atoms with van der Waals surface area (Å²) < 4.78 is 4.89. The van der Waals surface area contributed by atoms with Gasteiger partial charge >= 0.3 is 5.97 Å². The summed E-state index contributed by atoms with van der Waals surface area (Å²) in [5.74, 6) is -0.345. The van der Waals surface area contributed by atoms with Gasteiger partial charge in [-0.2, -0.15) is 0 Å². The van der Waals surface area contributed by atoms with Gasteiger partial charge in [-0.25, -0.2) is 9.78 Å². The lowest BCUT2D eigenvalue weighted by Gasteiger charge is -2.08. The summed E-state index contributed by atoms with van der Waals surface area (Å²) in [5, 5.41) is 0.806. The van der Waals surface area contributed by atoms with Crippen LogP contribution in [-0.4, -0.2) is 18.1 Å². The predicted octanol–water partition coefficient (Wildman–Crippen LogP) is 4.00. The van der Waals surface area contributed by atoms with Crippen LogP contribution in [0.4, 0.5) is 0 Å². The smallest absolute Gasteiger partial charge is 0.338 e. The first kappa shape index (κ1) is 13.3. The van der Waals surface area contributed by atoms with Crippen LogP contribution in [0.5, 0.6) is 0 Å². The first-order chi connectivity index (χ1) is 10.2. The van der Waals surface area contributed by atoms with Crippen LogP contribution >= 0.6 is 0 Å². The van der Waals surface area contributed by atoms with Gasteiger partial charge in [0, 0.05) is 10.9 Å². The number of fused-ring (bicyclic) bond motifs is 1. The van der Waals surface area contributed by atoms with Crippen LogP contribution in [-0.2, 0) is 4.74 Å². The Morgan fingerprint density at radius 1 is 1.05 bits per heavy atom. The van der Waals surface area contributed by atoms with Crippen LogP contribution in [0.3, 0.4) is 0 Å². The monoisotopic (exact) mass is 277 g/mol. The van der Waals surface area contributed by atoms with Gasteiger partial charge in [-0.05, 0) is 19.1 Å². The lowest BCUT2D eigenvalue weighted by Crippen LogP contribution is -2.03. The molecule has 0 bridgehead atoms. The van der Waals surface area contributed by atoms with Gasteiger partial charge in [0.2, 0.25) is 0 Å². The van der Waals surface area contributed by atoms with Crippen molar-refractivity contribution in [3.8, 4) is 11.3 Å². The second kappa shape index (κ2) is 5.37. The molecule has 21 heavy (non-hydrogen) atoms. The number of aromatic nitrogens is 1. The van der Waals surface area contributed by atoms with Crippen LogP contribution in [0.2, 0.25) is 0 Å². The number of hydrogen-bond donors (Lipinski definition) is 0. The number of pyridine rings is 1. The molecule has 3 rings (SSSR count). The van der Waals surface area contributed by atoms with Gasteiger partial charge in [-0.1, -0.05) is 48.0 Å². The van der Waals surface area contributed by atoms with E-state index >= 15 is 0 Å². The van der Waals surface area contributed by atoms with Gasteiger partial charge in [-0.3, -0.25) is 0 Å². The molecule has 2 aromatic carbocycles. The fourth-order valence-corrected chi connectivity index (χ4v) is 2.33. The van der Waals surface area contributed by atoms with Crippen LogP contribution in [0.1, 0.15) is 15.9 Å². The Hall–Kier alpha value is -2.68. The summed E-state index contributed by atoms with van der Waals surface area (Å²) >= 11 is 0. The Balaban J connectivity index is 2.25. The fourth-order valence-electron chi connectivity index (χ4n) is 2.33.